The summed E-state index contributed by atoms with van der Waals surface area (Å²) in [5.74, 6) is -0.111. The highest BCUT2D eigenvalue weighted by Gasteiger charge is 2.10. The average molecular weight is 200 g/mol. The molecule has 0 saturated heterocycles. The van der Waals surface area contributed by atoms with Crippen LogP contribution in [0.2, 0.25) is 5.02 Å². The first-order valence-corrected chi connectivity index (χ1v) is 4.13. The van der Waals surface area contributed by atoms with E-state index in [0.29, 0.717) is 10.7 Å². The lowest BCUT2D eigenvalue weighted by atomic mass is 10.2. The summed E-state index contributed by atoms with van der Waals surface area (Å²) in [7, 11) is 1.58. The predicted octanol–water partition coefficient (Wildman–Crippen LogP) is 2.03. The van der Waals surface area contributed by atoms with Crippen LogP contribution in [0.3, 0.4) is 0 Å². The van der Waals surface area contributed by atoms with Crippen LogP contribution in [-0.2, 0) is 4.79 Å². The summed E-state index contributed by atoms with van der Waals surface area (Å²) in [6.07, 6.45) is 0. The molecule has 13 heavy (non-hydrogen) atoms. The van der Waals surface area contributed by atoms with Gasteiger partial charge in [-0.15, -0.1) is 0 Å². The van der Waals surface area contributed by atoms with Crippen LogP contribution in [-0.4, -0.2) is 18.1 Å². The smallest absolute Gasteiger partial charge is 0.223 e. The van der Waals surface area contributed by atoms with Gasteiger partial charge in [0.25, 0.3) is 0 Å². The van der Waals surface area contributed by atoms with Crippen molar-refractivity contribution in [3.05, 3.63) is 23.2 Å². The lowest BCUT2D eigenvalue weighted by Gasteiger charge is -2.16. The molecule has 1 aromatic carbocycles. The number of hydrogen-bond donors (Lipinski definition) is 1. The molecule has 0 heterocycles. The molecule has 0 aromatic heterocycles. The summed E-state index contributed by atoms with van der Waals surface area (Å²) in [5, 5.41) is 9.89. The molecule has 0 aliphatic rings. The van der Waals surface area contributed by atoms with E-state index in [0.717, 1.165) is 0 Å². The Morgan fingerprint density at radius 3 is 2.69 bits per heavy atom. The van der Waals surface area contributed by atoms with Crippen LogP contribution in [0.25, 0.3) is 0 Å². The number of aromatic hydroxyl groups is 1. The number of rotatable bonds is 1. The third kappa shape index (κ3) is 2.12. The minimum absolute atomic E-state index is 0.0436. The predicted molar refractivity (Wildman–Crippen MR) is 52.2 cm³/mol. The molecular formula is C9H10ClNO2. The zero-order valence-electron chi connectivity index (χ0n) is 7.41. The highest BCUT2D eigenvalue weighted by molar-refractivity contribution is 6.31. The van der Waals surface area contributed by atoms with Crippen molar-refractivity contribution in [1.29, 1.82) is 0 Å². The normalized spacial score (nSPS) is 9.77. The Balaban J connectivity index is 3.12. The zero-order valence-corrected chi connectivity index (χ0v) is 8.17. The van der Waals surface area contributed by atoms with Gasteiger partial charge in [0.05, 0.1) is 5.69 Å². The number of halogens is 1. The zero-order chi connectivity index (χ0) is 10.0. The molecule has 0 aliphatic carbocycles. The van der Waals surface area contributed by atoms with E-state index in [1.54, 1.807) is 13.1 Å². The first kappa shape index (κ1) is 9.86. The molecule has 0 saturated carbocycles. The quantitative estimate of drug-likeness (QED) is 0.752. The second-order valence-corrected chi connectivity index (χ2v) is 3.15. The van der Waals surface area contributed by atoms with Crippen LogP contribution in [0, 0.1) is 0 Å². The lowest BCUT2D eigenvalue weighted by Crippen LogP contribution is -2.22. The van der Waals surface area contributed by atoms with Crippen molar-refractivity contribution in [2.45, 2.75) is 6.92 Å². The van der Waals surface area contributed by atoms with E-state index in [-0.39, 0.29) is 11.7 Å². The van der Waals surface area contributed by atoms with Crippen molar-refractivity contribution in [2.75, 3.05) is 11.9 Å². The van der Waals surface area contributed by atoms with E-state index in [9.17, 15) is 9.90 Å². The number of benzene rings is 1. The molecule has 0 aliphatic heterocycles. The van der Waals surface area contributed by atoms with Crippen molar-refractivity contribution in [2.24, 2.45) is 0 Å². The molecule has 1 N–H and O–H groups in total. The van der Waals surface area contributed by atoms with Crippen LogP contribution in [0.5, 0.6) is 5.75 Å². The average Bonchev–Trinajstić information content (AvgIpc) is 2.08. The van der Waals surface area contributed by atoms with E-state index in [4.69, 9.17) is 11.6 Å². The first-order valence-electron chi connectivity index (χ1n) is 3.75. The molecule has 0 radical (unpaired) electrons. The SMILES string of the molecule is CC(=O)N(C)c1cc(Cl)ccc1O. The second kappa shape index (κ2) is 3.66. The molecule has 0 spiro atoms. The Labute approximate surface area is 81.5 Å². The Morgan fingerprint density at radius 1 is 1.54 bits per heavy atom. The lowest BCUT2D eigenvalue weighted by molar-refractivity contribution is -0.116. The fourth-order valence-corrected chi connectivity index (χ4v) is 1.10. The van der Waals surface area contributed by atoms with Gasteiger partial charge in [-0.05, 0) is 18.2 Å². The summed E-state index contributed by atoms with van der Waals surface area (Å²) >= 11 is 5.72. The van der Waals surface area contributed by atoms with Gasteiger partial charge >= 0.3 is 0 Å². The molecular weight excluding hydrogens is 190 g/mol. The molecule has 0 bridgehead atoms. The summed E-state index contributed by atoms with van der Waals surface area (Å²) in [6.45, 7) is 1.42. The van der Waals surface area contributed by atoms with E-state index in [1.807, 2.05) is 0 Å². The van der Waals surface area contributed by atoms with Gasteiger partial charge in [0.15, 0.2) is 0 Å². The molecule has 0 unspecified atom stereocenters. The largest absolute Gasteiger partial charge is 0.506 e. The molecule has 1 aromatic rings. The van der Waals surface area contributed by atoms with Crippen molar-refractivity contribution in [1.82, 2.24) is 0 Å². The second-order valence-electron chi connectivity index (χ2n) is 2.71. The van der Waals surface area contributed by atoms with Crippen LogP contribution in [0.1, 0.15) is 6.92 Å². The van der Waals surface area contributed by atoms with Crippen LogP contribution in [0.4, 0.5) is 5.69 Å². The highest BCUT2D eigenvalue weighted by Crippen LogP contribution is 2.29. The van der Waals surface area contributed by atoms with Gasteiger partial charge in [-0.25, -0.2) is 0 Å². The van der Waals surface area contributed by atoms with Gasteiger partial charge in [0.2, 0.25) is 5.91 Å². The standard InChI is InChI=1S/C9H10ClNO2/c1-6(12)11(2)8-5-7(10)3-4-9(8)13/h3-5,13H,1-2H3. The van der Waals surface area contributed by atoms with E-state index < -0.39 is 0 Å². The van der Waals surface area contributed by atoms with E-state index in [2.05, 4.69) is 0 Å². The third-order valence-electron chi connectivity index (χ3n) is 1.77. The van der Waals surface area contributed by atoms with Crippen LogP contribution >= 0.6 is 11.6 Å². The number of hydrogen-bond acceptors (Lipinski definition) is 2. The summed E-state index contributed by atoms with van der Waals surface area (Å²) in [4.78, 5) is 12.3. The van der Waals surface area contributed by atoms with E-state index >= 15 is 0 Å². The minimum Gasteiger partial charge on any atom is -0.506 e. The third-order valence-corrected chi connectivity index (χ3v) is 2.01. The molecule has 3 nitrogen and oxygen atoms in total. The fourth-order valence-electron chi connectivity index (χ4n) is 0.935. The van der Waals surface area contributed by atoms with Gasteiger partial charge in [-0.3, -0.25) is 4.79 Å². The van der Waals surface area contributed by atoms with Gasteiger partial charge in [0.1, 0.15) is 5.75 Å². The maximum Gasteiger partial charge on any atom is 0.223 e. The fraction of sp³-hybridized carbons (Fsp3) is 0.222. The molecule has 0 atom stereocenters. The molecule has 70 valence electrons. The van der Waals surface area contributed by atoms with Gasteiger partial charge < -0.3 is 10.0 Å². The molecule has 4 heteroatoms. The minimum atomic E-state index is -0.155. The number of nitrogens with zero attached hydrogens (tertiary/aromatic N) is 1. The van der Waals surface area contributed by atoms with Crippen molar-refractivity contribution < 1.29 is 9.90 Å². The number of amides is 1. The molecule has 0 fully saturated rings. The first-order chi connectivity index (χ1) is 6.02. The van der Waals surface area contributed by atoms with Crippen molar-refractivity contribution in [3.63, 3.8) is 0 Å². The number of phenolic OH excluding ortho intramolecular Hbond substituents is 1. The number of phenols is 1. The maximum absolute atomic E-state index is 11.0. The van der Waals surface area contributed by atoms with Gasteiger partial charge in [-0.1, -0.05) is 11.6 Å². The number of carbonyl (C=O) groups excluding carboxylic acids is 1. The highest BCUT2D eigenvalue weighted by atomic mass is 35.5. The van der Waals surface area contributed by atoms with Crippen molar-refractivity contribution >= 4 is 23.2 Å². The van der Waals surface area contributed by atoms with Gasteiger partial charge in [0, 0.05) is 19.0 Å². The summed E-state index contributed by atoms with van der Waals surface area (Å²) < 4.78 is 0. The number of anilines is 1. The van der Waals surface area contributed by atoms with Crippen molar-refractivity contribution in [3.8, 4) is 5.75 Å². The Morgan fingerprint density at radius 2 is 2.15 bits per heavy atom. The number of carbonyl (C=O) groups is 1. The summed E-state index contributed by atoms with van der Waals surface area (Å²) in [6, 6.07) is 4.56. The Kier molecular flexibility index (Phi) is 2.78. The van der Waals surface area contributed by atoms with Crippen LogP contribution < -0.4 is 4.90 Å². The molecule has 1 rings (SSSR count). The van der Waals surface area contributed by atoms with Gasteiger partial charge in [-0.2, -0.15) is 0 Å². The van der Waals surface area contributed by atoms with E-state index in [1.165, 1.54) is 24.0 Å². The topological polar surface area (TPSA) is 40.5 Å². The molecule has 1 amide bonds. The maximum atomic E-state index is 11.0. The summed E-state index contributed by atoms with van der Waals surface area (Å²) in [5.41, 5.74) is 0.417. The van der Waals surface area contributed by atoms with Crippen LogP contribution in [0.15, 0.2) is 18.2 Å². The monoisotopic (exact) mass is 199 g/mol. The Bertz CT molecular complexity index is 338. The Hall–Kier alpha value is -1.22.